The van der Waals surface area contributed by atoms with Crippen LogP contribution >= 0.6 is 0 Å². The number of benzene rings is 1. The minimum Gasteiger partial charge on any atom is -0.408 e. The van der Waals surface area contributed by atoms with Crippen LogP contribution in [0.1, 0.15) is 12.5 Å². The van der Waals surface area contributed by atoms with E-state index in [1.165, 1.54) is 0 Å². The van der Waals surface area contributed by atoms with Crippen molar-refractivity contribution in [3.05, 3.63) is 34.3 Å². The lowest BCUT2D eigenvalue weighted by Crippen LogP contribution is -2.26. The molecule has 1 unspecified atom stereocenters. The number of aromatic nitrogens is 1. The number of hydrogen-bond acceptors (Lipinski definition) is 4. The first-order valence-electron chi connectivity index (χ1n) is 5.32. The van der Waals surface area contributed by atoms with Gasteiger partial charge < -0.3 is 4.42 Å². The summed E-state index contributed by atoms with van der Waals surface area (Å²) < 4.78 is 4.98. The highest BCUT2D eigenvalue weighted by Gasteiger charge is 2.09. The summed E-state index contributed by atoms with van der Waals surface area (Å²) in [6.45, 7) is 2.48. The van der Waals surface area contributed by atoms with Gasteiger partial charge in [0.05, 0.1) is 17.6 Å². The van der Waals surface area contributed by atoms with Crippen molar-refractivity contribution >= 4 is 11.1 Å². The number of nitriles is 1. The summed E-state index contributed by atoms with van der Waals surface area (Å²) >= 11 is 0. The molecule has 2 rings (SSSR count). The van der Waals surface area contributed by atoms with Gasteiger partial charge in [-0.1, -0.05) is 6.07 Å². The Morgan fingerprint density at radius 1 is 1.59 bits per heavy atom. The molecule has 0 aliphatic rings. The molecule has 1 atom stereocenters. The molecule has 88 valence electrons. The van der Waals surface area contributed by atoms with Gasteiger partial charge in [-0.05, 0) is 31.7 Å². The van der Waals surface area contributed by atoms with Gasteiger partial charge in [0.15, 0.2) is 5.58 Å². The molecule has 1 aromatic carbocycles. The van der Waals surface area contributed by atoms with E-state index in [9.17, 15) is 4.79 Å². The third-order valence-electron chi connectivity index (χ3n) is 2.77. The molecule has 1 aromatic heterocycles. The molecule has 1 heterocycles. The molecular formula is C12H13N3O2. The molecule has 5 heteroatoms. The van der Waals surface area contributed by atoms with Crippen molar-refractivity contribution in [3.63, 3.8) is 0 Å². The van der Waals surface area contributed by atoms with E-state index >= 15 is 0 Å². The number of nitrogens with one attached hydrogen (secondary N) is 1. The average molecular weight is 231 g/mol. The van der Waals surface area contributed by atoms with Crippen LogP contribution in [-0.2, 0) is 6.54 Å². The molecule has 0 aliphatic heterocycles. The highest BCUT2D eigenvalue weighted by atomic mass is 16.4. The van der Waals surface area contributed by atoms with Crippen molar-refractivity contribution in [2.45, 2.75) is 19.5 Å². The van der Waals surface area contributed by atoms with Crippen molar-refractivity contribution in [2.75, 3.05) is 7.05 Å². The normalized spacial score (nSPS) is 12.8. The number of nitrogens with zero attached hydrogens (tertiary/aromatic N) is 2. The first-order valence-corrected chi connectivity index (χ1v) is 5.32. The van der Waals surface area contributed by atoms with E-state index < -0.39 is 5.76 Å². The van der Waals surface area contributed by atoms with Crippen LogP contribution in [0.4, 0.5) is 0 Å². The zero-order valence-corrected chi connectivity index (χ0v) is 9.73. The molecule has 0 amide bonds. The van der Waals surface area contributed by atoms with Crippen LogP contribution in [0.5, 0.6) is 0 Å². The lowest BCUT2D eigenvalue weighted by atomic mass is 10.2. The highest BCUT2D eigenvalue weighted by molar-refractivity contribution is 5.72. The van der Waals surface area contributed by atoms with Crippen LogP contribution in [0.25, 0.3) is 11.1 Å². The molecule has 5 nitrogen and oxygen atoms in total. The molecule has 17 heavy (non-hydrogen) atoms. The van der Waals surface area contributed by atoms with E-state index in [1.54, 1.807) is 6.07 Å². The Morgan fingerprint density at radius 2 is 2.35 bits per heavy atom. The SMILES string of the molecule is CC(C#N)N(C)Cc1ccc2[nH]c(=O)oc2c1. The first-order chi connectivity index (χ1) is 8.10. The van der Waals surface area contributed by atoms with Crippen molar-refractivity contribution in [3.8, 4) is 6.07 Å². The van der Waals surface area contributed by atoms with Gasteiger partial charge in [-0.25, -0.2) is 4.79 Å². The van der Waals surface area contributed by atoms with Crippen LogP contribution in [0.15, 0.2) is 27.4 Å². The van der Waals surface area contributed by atoms with E-state index in [1.807, 2.05) is 31.0 Å². The van der Waals surface area contributed by atoms with Crippen molar-refractivity contribution in [1.29, 1.82) is 5.26 Å². The molecule has 0 radical (unpaired) electrons. The maximum Gasteiger partial charge on any atom is 0.417 e. The second-order valence-electron chi connectivity index (χ2n) is 4.07. The third kappa shape index (κ3) is 2.37. The molecule has 0 bridgehead atoms. The maximum atomic E-state index is 11.0. The molecule has 0 aliphatic carbocycles. The Kier molecular flexibility index (Phi) is 2.98. The molecule has 0 saturated heterocycles. The molecule has 2 aromatic rings. The quantitative estimate of drug-likeness (QED) is 0.868. The fraction of sp³-hybridized carbons (Fsp3) is 0.333. The van der Waals surface area contributed by atoms with Crippen LogP contribution in [-0.4, -0.2) is 23.0 Å². The van der Waals surface area contributed by atoms with E-state index in [0.29, 0.717) is 17.6 Å². The van der Waals surface area contributed by atoms with E-state index in [2.05, 4.69) is 11.1 Å². The smallest absolute Gasteiger partial charge is 0.408 e. The molecular weight excluding hydrogens is 218 g/mol. The third-order valence-corrected chi connectivity index (χ3v) is 2.77. The fourth-order valence-electron chi connectivity index (χ4n) is 1.61. The largest absolute Gasteiger partial charge is 0.417 e. The van der Waals surface area contributed by atoms with Gasteiger partial charge in [-0.15, -0.1) is 0 Å². The summed E-state index contributed by atoms with van der Waals surface area (Å²) in [6.07, 6.45) is 0. The molecule has 1 N–H and O–H groups in total. The standard InChI is InChI=1S/C12H13N3O2/c1-8(6-13)15(2)7-9-3-4-10-11(5-9)17-12(16)14-10/h3-5,8H,7H2,1-2H3,(H,14,16). The Bertz CT molecular complexity index is 620. The summed E-state index contributed by atoms with van der Waals surface area (Å²) in [5.41, 5.74) is 2.24. The minimum absolute atomic E-state index is 0.149. The Morgan fingerprint density at radius 3 is 3.06 bits per heavy atom. The van der Waals surface area contributed by atoms with Gasteiger partial charge in [0.25, 0.3) is 0 Å². The predicted octanol–water partition coefficient (Wildman–Crippen LogP) is 1.46. The van der Waals surface area contributed by atoms with Gasteiger partial charge in [0.2, 0.25) is 0 Å². The van der Waals surface area contributed by atoms with E-state index in [-0.39, 0.29) is 6.04 Å². The van der Waals surface area contributed by atoms with Gasteiger partial charge in [-0.2, -0.15) is 5.26 Å². The van der Waals surface area contributed by atoms with Crippen LogP contribution in [0, 0.1) is 11.3 Å². The second-order valence-corrected chi connectivity index (χ2v) is 4.07. The Balaban J connectivity index is 2.25. The van der Waals surface area contributed by atoms with E-state index in [0.717, 1.165) is 5.56 Å². The maximum absolute atomic E-state index is 11.0. The van der Waals surface area contributed by atoms with Gasteiger partial charge in [-0.3, -0.25) is 9.88 Å². The summed E-state index contributed by atoms with van der Waals surface area (Å²) in [4.78, 5) is 15.5. The van der Waals surface area contributed by atoms with Crippen molar-refractivity contribution in [2.24, 2.45) is 0 Å². The number of oxazole rings is 1. The molecule has 0 fully saturated rings. The molecule has 0 saturated carbocycles. The second kappa shape index (κ2) is 4.44. The zero-order valence-electron chi connectivity index (χ0n) is 9.73. The number of H-pyrrole nitrogens is 1. The van der Waals surface area contributed by atoms with Gasteiger partial charge >= 0.3 is 5.76 Å². The Labute approximate surface area is 98.3 Å². The van der Waals surface area contributed by atoms with Crippen LogP contribution in [0.2, 0.25) is 0 Å². The predicted molar refractivity (Wildman–Crippen MR) is 63.4 cm³/mol. The summed E-state index contributed by atoms with van der Waals surface area (Å²) in [5, 5.41) is 8.80. The zero-order chi connectivity index (χ0) is 12.4. The van der Waals surface area contributed by atoms with Crippen molar-refractivity contribution < 1.29 is 4.42 Å². The first kappa shape index (κ1) is 11.4. The number of hydrogen-bond donors (Lipinski definition) is 1. The van der Waals surface area contributed by atoms with Gasteiger partial charge in [0.1, 0.15) is 0 Å². The van der Waals surface area contributed by atoms with E-state index in [4.69, 9.17) is 9.68 Å². The summed E-state index contributed by atoms with van der Waals surface area (Å²) in [5.74, 6) is -0.448. The summed E-state index contributed by atoms with van der Waals surface area (Å²) in [6, 6.07) is 7.55. The van der Waals surface area contributed by atoms with Gasteiger partial charge in [0, 0.05) is 6.54 Å². The summed E-state index contributed by atoms with van der Waals surface area (Å²) in [7, 11) is 1.88. The molecule has 0 spiro atoms. The lowest BCUT2D eigenvalue weighted by molar-refractivity contribution is 0.294. The van der Waals surface area contributed by atoms with Crippen LogP contribution < -0.4 is 5.76 Å². The van der Waals surface area contributed by atoms with Crippen LogP contribution in [0.3, 0.4) is 0 Å². The lowest BCUT2D eigenvalue weighted by Gasteiger charge is -2.18. The fourth-order valence-corrected chi connectivity index (χ4v) is 1.61. The average Bonchev–Trinajstić information content (AvgIpc) is 2.67. The number of rotatable bonds is 3. The highest BCUT2D eigenvalue weighted by Crippen LogP contribution is 2.14. The van der Waals surface area contributed by atoms with Crippen molar-refractivity contribution in [1.82, 2.24) is 9.88 Å². The topological polar surface area (TPSA) is 73.0 Å². The minimum atomic E-state index is -0.448. The number of aromatic amines is 1. The number of fused-ring (bicyclic) bond motifs is 1. The Hall–Kier alpha value is -2.06. The monoisotopic (exact) mass is 231 g/mol.